The van der Waals surface area contributed by atoms with Crippen LogP contribution in [0.5, 0.6) is 0 Å². The van der Waals surface area contributed by atoms with Crippen LogP contribution < -0.4 is 0 Å². The minimum absolute atomic E-state index is 0.193. The Labute approximate surface area is 340 Å². The van der Waals surface area contributed by atoms with Crippen molar-refractivity contribution >= 4 is 5.97 Å². The van der Waals surface area contributed by atoms with Gasteiger partial charge in [-0.1, -0.05) is 6.58 Å². The van der Waals surface area contributed by atoms with E-state index in [2.05, 4.69) is 6.58 Å². The Morgan fingerprint density at radius 3 is 0.561 bits per heavy atom. The highest BCUT2D eigenvalue weighted by Crippen LogP contribution is 1.89. The predicted octanol–water partition coefficient (Wildman–Crippen LogP) is 0.628. The van der Waals surface area contributed by atoms with Crippen LogP contribution in [-0.2, 0) is 90.1 Å². The van der Waals surface area contributed by atoms with E-state index < -0.39 is 5.97 Å². The van der Waals surface area contributed by atoms with E-state index in [9.17, 15) is 4.79 Å². The van der Waals surface area contributed by atoms with Crippen molar-refractivity contribution in [1.29, 1.82) is 0 Å². The number of hydrogen-bond donors (Lipinski definition) is 0. The molecule has 0 aromatic rings. The topological polar surface area (TPSA) is 183 Å². The fraction of sp³-hybridized carbons (Fsp3) is 0.921. The van der Waals surface area contributed by atoms with Crippen LogP contribution in [0.4, 0.5) is 0 Å². The fourth-order valence-electron chi connectivity index (χ4n) is 3.80. The van der Waals surface area contributed by atoms with Crippen molar-refractivity contribution in [1.82, 2.24) is 0 Å². The Hall–Kier alpha value is -1.47. The fourth-order valence-corrected chi connectivity index (χ4v) is 3.80. The zero-order chi connectivity index (χ0) is 41.1. The molecule has 0 aromatic carbocycles. The normalized spacial score (nSPS) is 11.5. The van der Waals surface area contributed by atoms with Gasteiger partial charge in [0.05, 0.1) is 218 Å². The zero-order valence-electron chi connectivity index (χ0n) is 34.6. The maximum absolute atomic E-state index is 10.9. The minimum Gasteiger partial charge on any atom is -0.460 e. The Balaban J connectivity index is 3.06. The lowest BCUT2D eigenvalue weighted by Gasteiger charge is -2.09. The van der Waals surface area contributed by atoms with Gasteiger partial charge in [0, 0.05) is 13.2 Å². The molecule has 0 atom stereocenters. The Morgan fingerprint density at radius 2 is 0.421 bits per heavy atom. The number of hydrogen-bond acceptors (Lipinski definition) is 19. The molecule has 0 radical (unpaired) electrons. The third-order valence-electron chi connectivity index (χ3n) is 6.65. The molecule has 0 heterocycles. The summed E-state index contributed by atoms with van der Waals surface area (Å²) < 4.78 is 96.7. The van der Waals surface area contributed by atoms with Gasteiger partial charge in [-0.3, -0.25) is 0 Å². The summed E-state index contributed by atoms with van der Waals surface area (Å²) in [5.74, 6) is -0.463. The van der Waals surface area contributed by atoms with Gasteiger partial charge in [0.1, 0.15) is 6.61 Å². The molecule has 0 aromatic heterocycles. The molecule has 0 unspecified atom stereocenters. The number of esters is 1. The van der Waals surface area contributed by atoms with Crippen LogP contribution in [0.1, 0.15) is 0 Å². The quantitative estimate of drug-likeness (QED) is 0.0472. The maximum Gasteiger partial charge on any atom is 0.330 e. The average Bonchev–Trinajstić information content (AvgIpc) is 3.22. The van der Waals surface area contributed by atoms with E-state index in [1.807, 2.05) is 0 Å². The molecule has 0 amide bonds. The highest BCUT2D eigenvalue weighted by Gasteiger charge is 1.99. The molecule has 0 saturated heterocycles. The molecule has 19 nitrogen and oxygen atoms in total. The van der Waals surface area contributed by atoms with Crippen LogP contribution in [0, 0.1) is 0 Å². The molecule has 19 heteroatoms. The Morgan fingerprint density at radius 1 is 0.281 bits per heavy atom. The van der Waals surface area contributed by atoms with Crippen LogP contribution in [0.2, 0.25) is 0 Å². The molecule has 0 spiro atoms. The van der Waals surface area contributed by atoms with Crippen LogP contribution >= 0.6 is 0 Å². The van der Waals surface area contributed by atoms with E-state index in [-0.39, 0.29) is 6.61 Å². The van der Waals surface area contributed by atoms with Gasteiger partial charge < -0.3 is 85.3 Å². The van der Waals surface area contributed by atoms with E-state index in [0.29, 0.717) is 218 Å². The van der Waals surface area contributed by atoms with Gasteiger partial charge in [0.2, 0.25) is 0 Å². The van der Waals surface area contributed by atoms with E-state index in [0.717, 1.165) is 6.08 Å². The SMILES string of the molecule is C=CC(=O)OCCOCCOCCOCCOCCOCCOCCOCCOCCOCCOCCOCCOCCOCCOCCOCCOCCOC. The van der Waals surface area contributed by atoms with Crippen LogP contribution in [0.3, 0.4) is 0 Å². The first-order chi connectivity index (χ1) is 28.3. The van der Waals surface area contributed by atoms with Gasteiger partial charge in [-0.15, -0.1) is 0 Å². The molecule has 340 valence electrons. The number of ether oxygens (including phenoxy) is 18. The summed E-state index contributed by atoms with van der Waals surface area (Å²) in [6, 6.07) is 0. The molecule has 0 aliphatic heterocycles. The smallest absolute Gasteiger partial charge is 0.330 e. The molecule has 0 aliphatic rings. The van der Waals surface area contributed by atoms with Crippen molar-refractivity contribution in [3.8, 4) is 0 Å². The van der Waals surface area contributed by atoms with E-state index in [1.54, 1.807) is 7.11 Å². The maximum atomic E-state index is 10.9. The zero-order valence-corrected chi connectivity index (χ0v) is 34.6. The summed E-state index contributed by atoms with van der Waals surface area (Å²) in [5.41, 5.74) is 0. The van der Waals surface area contributed by atoms with E-state index in [4.69, 9.17) is 85.3 Å². The first-order valence-corrected chi connectivity index (χ1v) is 19.8. The lowest BCUT2D eigenvalue weighted by atomic mass is 10.6. The highest BCUT2D eigenvalue weighted by atomic mass is 16.6. The van der Waals surface area contributed by atoms with Gasteiger partial charge in [0.15, 0.2) is 0 Å². The van der Waals surface area contributed by atoms with Crippen LogP contribution in [-0.4, -0.2) is 238 Å². The van der Waals surface area contributed by atoms with Crippen molar-refractivity contribution in [3.05, 3.63) is 12.7 Å². The van der Waals surface area contributed by atoms with Gasteiger partial charge in [0.25, 0.3) is 0 Å². The van der Waals surface area contributed by atoms with Crippen molar-refractivity contribution in [2.75, 3.05) is 232 Å². The van der Waals surface area contributed by atoms with E-state index >= 15 is 0 Å². The summed E-state index contributed by atoms with van der Waals surface area (Å²) in [6.07, 6.45) is 1.11. The molecule has 0 aliphatic carbocycles. The molecule has 0 saturated carbocycles. The molecule has 0 bridgehead atoms. The number of carbonyl (C=O) groups excluding carboxylic acids is 1. The lowest BCUT2D eigenvalue weighted by molar-refractivity contribution is -0.139. The second-order valence-electron chi connectivity index (χ2n) is 11.2. The third-order valence-corrected chi connectivity index (χ3v) is 6.65. The Bertz CT molecular complexity index is 770. The molecule has 0 N–H and O–H groups in total. The molecule has 0 rings (SSSR count). The first kappa shape index (κ1) is 55.5. The Kier molecular flexibility index (Phi) is 51.2. The van der Waals surface area contributed by atoms with Crippen molar-refractivity contribution in [3.63, 3.8) is 0 Å². The summed E-state index contributed by atoms with van der Waals surface area (Å²) in [5, 5.41) is 0. The molecule has 0 fully saturated rings. The van der Waals surface area contributed by atoms with Gasteiger partial charge in [-0.2, -0.15) is 0 Å². The monoisotopic (exact) mass is 834 g/mol. The van der Waals surface area contributed by atoms with Crippen molar-refractivity contribution in [2.24, 2.45) is 0 Å². The van der Waals surface area contributed by atoms with Gasteiger partial charge in [-0.25, -0.2) is 4.79 Å². The lowest BCUT2D eigenvalue weighted by Crippen LogP contribution is -2.16. The molecule has 57 heavy (non-hydrogen) atoms. The van der Waals surface area contributed by atoms with Crippen molar-refractivity contribution in [2.45, 2.75) is 0 Å². The van der Waals surface area contributed by atoms with Crippen LogP contribution in [0.15, 0.2) is 12.7 Å². The van der Waals surface area contributed by atoms with Gasteiger partial charge in [-0.05, 0) is 0 Å². The summed E-state index contributed by atoms with van der Waals surface area (Å²) in [6.45, 7) is 19.8. The predicted molar refractivity (Wildman–Crippen MR) is 206 cm³/mol. The second-order valence-corrected chi connectivity index (χ2v) is 11.2. The highest BCUT2D eigenvalue weighted by molar-refractivity contribution is 5.81. The number of rotatable bonds is 52. The second kappa shape index (κ2) is 52.5. The summed E-state index contributed by atoms with van der Waals surface area (Å²) >= 11 is 0. The van der Waals surface area contributed by atoms with Gasteiger partial charge >= 0.3 is 5.97 Å². The third kappa shape index (κ3) is 52.5. The summed E-state index contributed by atoms with van der Waals surface area (Å²) in [7, 11) is 1.64. The average molecular weight is 835 g/mol. The minimum atomic E-state index is -0.463. The molecular weight excluding hydrogens is 760 g/mol. The molecular formula is C38H74O19. The van der Waals surface area contributed by atoms with E-state index in [1.165, 1.54) is 0 Å². The number of methoxy groups -OCH3 is 1. The van der Waals surface area contributed by atoms with Crippen LogP contribution in [0.25, 0.3) is 0 Å². The van der Waals surface area contributed by atoms with Crippen molar-refractivity contribution < 1.29 is 90.1 Å². The summed E-state index contributed by atoms with van der Waals surface area (Å²) in [4.78, 5) is 10.9. The largest absolute Gasteiger partial charge is 0.460 e. The number of carbonyl (C=O) groups is 1. The first-order valence-electron chi connectivity index (χ1n) is 19.8. The standard InChI is InChI=1S/C38H74O19/c1-3-38(39)57-37-36-56-35-34-55-33-32-54-31-30-53-29-28-52-27-26-51-25-24-50-23-22-49-21-20-48-19-18-47-17-16-46-15-14-45-13-12-44-11-10-43-9-8-42-7-6-41-5-4-40-2/h3H,1,4-37H2,2H3.